The second-order valence-corrected chi connectivity index (χ2v) is 5.67. The lowest BCUT2D eigenvalue weighted by atomic mass is 10.1. The van der Waals surface area contributed by atoms with Crippen molar-refractivity contribution in [1.29, 1.82) is 0 Å². The van der Waals surface area contributed by atoms with Gasteiger partial charge in [-0.15, -0.1) is 0 Å². The van der Waals surface area contributed by atoms with Crippen LogP contribution in [-0.4, -0.2) is 30.0 Å². The summed E-state index contributed by atoms with van der Waals surface area (Å²) < 4.78 is 0. The Morgan fingerprint density at radius 3 is 2.86 bits per heavy atom. The van der Waals surface area contributed by atoms with Crippen LogP contribution >= 0.6 is 0 Å². The molecule has 3 N–H and O–H groups in total. The molecule has 1 heterocycles. The van der Waals surface area contributed by atoms with Gasteiger partial charge >= 0.3 is 0 Å². The van der Waals surface area contributed by atoms with Gasteiger partial charge < -0.3 is 15.6 Å². The summed E-state index contributed by atoms with van der Waals surface area (Å²) in [5, 5.41) is 7.55. The van der Waals surface area contributed by atoms with Crippen LogP contribution < -0.4 is 10.6 Å². The molecular formula is C17H25N3O. The van der Waals surface area contributed by atoms with Crippen molar-refractivity contribution in [2.45, 2.75) is 39.2 Å². The molecule has 114 valence electrons. The fourth-order valence-electron chi connectivity index (χ4n) is 2.40. The van der Waals surface area contributed by atoms with Crippen LogP contribution in [0.3, 0.4) is 0 Å². The fourth-order valence-corrected chi connectivity index (χ4v) is 2.40. The van der Waals surface area contributed by atoms with E-state index in [0.29, 0.717) is 19.0 Å². The lowest BCUT2D eigenvalue weighted by Crippen LogP contribution is -2.28. The summed E-state index contributed by atoms with van der Waals surface area (Å²) >= 11 is 0. The highest BCUT2D eigenvalue weighted by atomic mass is 16.1. The third-order valence-electron chi connectivity index (χ3n) is 3.52. The number of nitrogens with one attached hydrogen (secondary N) is 3. The standard InChI is InChI=1S/C17H25N3O/c1-13(2)18-10-5-8-17(21)19-11-9-14-12-20-16-7-4-3-6-15(14)16/h3-4,6-7,12-13,18,20H,5,8-11H2,1-2H3,(H,19,21). The van der Waals surface area contributed by atoms with Crippen LogP contribution in [0.4, 0.5) is 0 Å². The number of carbonyl (C=O) groups is 1. The number of aromatic nitrogens is 1. The van der Waals surface area contributed by atoms with Gasteiger partial charge in [0.2, 0.25) is 5.91 Å². The summed E-state index contributed by atoms with van der Waals surface area (Å²) in [5.41, 5.74) is 2.41. The highest BCUT2D eigenvalue weighted by Gasteiger charge is 2.04. The van der Waals surface area contributed by atoms with Crippen LogP contribution in [0.5, 0.6) is 0 Å². The minimum atomic E-state index is 0.139. The number of hydrogen-bond acceptors (Lipinski definition) is 2. The normalized spacial score (nSPS) is 11.2. The van der Waals surface area contributed by atoms with E-state index < -0.39 is 0 Å². The van der Waals surface area contributed by atoms with Crippen LogP contribution in [0.2, 0.25) is 0 Å². The molecule has 0 radical (unpaired) electrons. The van der Waals surface area contributed by atoms with Gasteiger partial charge in [-0.25, -0.2) is 0 Å². The molecular weight excluding hydrogens is 262 g/mol. The third-order valence-corrected chi connectivity index (χ3v) is 3.52. The monoisotopic (exact) mass is 287 g/mol. The van der Waals surface area contributed by atoms with Gasteiger partial charge in [0, 0.05) is 36.1 Å². The maximum atomic E-state index is 11.7. The molecule has 0 saturated heterocycles. The zero-order chi connectivity index (χ0) is 15.1. The maximum Gasteiger partial charge on any atom is 0.220 e. The molecule has 4 nitrogen and oxygen atoms in total. The minimum absolute atomic E-state index is 0.139. The number of para-hydroxylation sites is 1. The summed E-state index contributed by atoms with van der Waals surface area (Å²) in [6.45, 7) is 5.81. The molecule has 0 saturated carbocycles. The van der Waals surface area contributed by atoms with E-state index in [1.165, 1.54) is 10.9 Å². The number of hydrogen-bond donors (Lipinski definition) is 3. The van der Waals surface area contributed by atoms with Crippen molar-refractivity contribution < 1.29 is 4.79 Å². The van der Waals surface area contributed by atoms with Gasteiger partial charge in [0.25, 0.3) is 0 Å². The Balaban J connectivity index is 1.68. The van der Waals surface area contributed by atoms with E-state index >= 15 is 0 Å². The van der Waals surface area contributed by atoms with Crippen molar-refractivity contribution in [3.63, 3.8) is 0 Å². The van der Waals surface area contributed by atoms with Gasteiger partial charge in [-0.2, -0.15) is 0 Å². The number of carbonyl (C=O) groups excluding carboxylic acids is 1. The molecule has 21 heavy (non-hydrogen) atoms. The molecule has 0 spiro atoms. The van der Waals surface area contributed by atoms with Crippen molar-refractivity contribution in [1.82, 2.24) is 15.6 Å². The first-order valence-electron chi connectivity index (χ1n) is 7.72. The molecule has 0 fully saturated rings. The Morgan fingerprint density at radius 1 is 1.24 bits per heavy atom. The highest BCUT2D eigenvalue weighted by Crippen LogP contribution is 2.17. The van der Waals surface area contributed by atoms with E-state index in [4.69, 9.17) is 0 Å². The molecule has 0 bridgehead atoms. The number of benzene rings is 1. The minimum Gasteiger partial charge on any atom is -0.361 e. The summed E-state index contributed by atoms with van der Waals surface area (Å²) in [4.78, 5) is 15.0. The molecule has 1 aromatic heterocycles. The average molecular weight is 287 g/mol. The highest BCUT2D eigenvalue weighted by molar-refractivity contribution is 5.83. The van der Waals surface area contributed by atoms with Gasteiger partial charge in [0.15, 0.2) is 0 Å². The number of fused-ring (bicyclic) bond motifs is 1. The van der Waals surface area contributed by atoms with Crippen LogP contribution in [0, 0.1) is 0 Å². The molecule has 4 heteroatoms. The van der Waals surface area contributed by atoms with Gasteiger partial charge in [-0.3, -0.25) is 4.79 Å². The lowest BCUT2D eigenvalue weighted by molar-refractivity contribution is -0.121. The van der Waals surface area contributed by atoms with Crippen molar-refractivity contribution in [3.05, 3.63) is 36.0 Å². The van der Waals surface area contributed by atoms with E-state index in [1.54, 1.807) is 0 Å². The average Bonchev–Trinajstić information content (AvgIpc) is 2.87. The maximum absolute atomic E-state index is 11.7. The Hall–Kier alpha value is -1.81. The lowest BCUT2D eigenvalue weighted by Gasteiger charge is -2.08. The molecule has 2 rings (SSSR count). The van der Waals surface area contributed by atoms with Crippen molar-refractivity contribution in [2.24, 2.45) is 0 Å². The topological polar surface area (TPSA) is 56.9 Å². The number of aromatic amines is 1. The summed E-state index contributed by atoms with van der Waals surface area (Å²) in [6.07, 6.45) is 4.37. The molecule has 0 unspecified atom stereocenters. The van der Waals surface area contributed by atoms with Crippen molar-refractivity contribution in [2.75, 3.05) is 13.1 Å². The summed E-state index contributed by atoms with van der Waals surface area (Å²) in [7, 11) is 0. The predicted molar refractivity (Wildman–Crippen MR) is 87.4 cm³/mol. The van der Waals surface area contributed by atoms with E-state index in [-0.39, 0.29) is 5.91 Å². The SMILES string of the molecule is CC(C)NCCCC(=O)NCCc1c[nH]c2ccccc12. The van der Waals surface area contributed by atoms with E-state index in [9.17, 15) is 4.79 Å². The first kappa shape index (κ1) is 15.6. The molecule has 0 aliphatic rings. The van der Waals surface area contributed by atoms with E-state index in [0.717, 1.165) is 24.9 Å². The second-order valence-electron chi connectivity index (χ2n) is 5.67. The van der Waals surface area contributed by atoms with E-state index in [1.807, 2.05) is 18.3 Å². The summed E-state index contributed by atoms with van der Waals surface area (Å²) in [6, 6.07) is 8.73. The van der Waals surface area contributed by atoms with Gasteiger partial charge in [-0.1, -0.05) is 32.0 Å². The molecule has 1 amide bonds. The largest absolute Gasteiger partial charge is 0.361 e. The van der Waals surface area contributed by atoms with Crippen LogP contribution in [0.1, 0.15) is 32.3 Å². The molecule has 0 aliphatic heterocycles. The predicted octanol–water partition coefficient (Wildman–Crippen LogP) is 2.60. The molecule has 0 atom stereocenters. The van der Waals surface area contributed by atoms with Crippen molar-refractivity contribution in [3.8, 4) is 0 Å². The Morgan fingerprint density at radius 2 is 2.05 bits per heavy atom. The first-order chi connectivity index (χ1) is 10.2. The molecule has 2 aromatic rings. The fraction of sp³-hybridized carbons (Fsp3) is 0.471. The van der Waals surface area contributed by atoms with Crippen LogP contribution in [0.25, 0.3) is 10.9 Å². The third kappa shape index (κ3) is 4.90. The van der Waals surface area contributed by atoms with Crippen molar-refractivity contribution >= 4 is 16.8 Å². The zero-order valence-corrected chi connectivity index (χ0v) is 12.9. The van der Waals surface area contributed by atoms with E-state index in [2.05, 4.69) is 41.6 Å². The Labute approximate surface area is 126 Å². The summed E-state index contributed by atoms with van der Waals surface area (Å²) in [5.74, 6) is 0.139. The Bertz CT molecular complexity index is 574. The van der Waals surface area contributed by atoms with Gasteiger partial charge in [0.05, 0.1) is 0 Å². The molecule has 1 aromatic carbocycles. The quantitative estimate of drug-likeness (QED) is 0.654. The second kappa shape index (κ2) is 7.84. The number of H-pyrrole nitrogens is 1. The number of amides is 1. The van der Waals surface area contributed by atoms with Crippen LogP contribution in [-0.2, 0) is 11.2 Å². The molecule has 0 aliphatic carbocycles. The van der Waals surface area contributed by atoms with Gasteiger partial charge in [-0.05, 0) is 31.0 Å². The smallest absolute Gasteiger partial charge is 0.220 e. The van der Waals surface area contributed by atoms with Gasteiger partial charge in [0.1, 0.15) is 0 Å². The van der Waals surface area contributed by atoms with Crippen LogP contribution in [0.15, 0.2) is 30.5 Å². The Kier molecular flexibility index (Phi) is 5.81. The zero-order valence-electron chi connectivity index (χ0n) is 12.9. The first-order valence-corrected chi connectivity index (χ1v) is 7.72. The number of rotatable bonds is 8.